The first kappa shape index (κ1) is 18.1. The molecule has 1 aromatic carbocycles. The summed E-state index contributed by atoms with van der Waals surface area (Å²) in [5.41, 5.74) is 1.80. The fourth-order valence-electron chi connectivity index (χ4n) is 2.68. The summed E-state index contributed by atoms with van der Waals surface area (Å²) < 4.78 is 13.3. The third-order valence-corrected chi connectivity index (χ3v) is 3.62. The molecule has 0 saturated carbocycles. The first-order valence-electron chi connectivity index (χ1n) is 7.92. The van der Waals surface area contributed by atoms with Crippen LogP contribution in [0.1, 0.15) is 24.2 Å². The van der Waals surface area contributed by atoms with Crippen LogP contribution in [0, 0.1) is 11.2 Å². The summed E-state index contributed by atoms with van der Waals surface area (Å²) in [6, 6.07) is 9.68. The molecule has 5 heteroatoms. The lowest BCUT2D eigenvalue weighted by Crippen LogP contribution is -2.40. The van der Waals surface area contributed by atoms with Crippen LogP contribution < -0.4 is 5.32 Å². The number of hydrogen-bond donors (Lipinski definition) is 1. The number of aromatic nitrogens is 1. The molecule has 2 aromatic rings. The summed E-state index contributed by atoms with van der Waals surface area (Å²) in [6.45, 7) is 5.68. The first-order chi connectivity index (χ1) is 11.3. The van der Waals surface area contributed by atoms with E-state index in [9.17, 15) is 9.18 Å². The Bertz CT molecular complexity index is 696. The van der Waals surface area contributed by atoms with Gasteiger partial charge in [0, 0.05) is 24.8 Å². The Morgan fingerprint density at radius 1 is 1.25 bits per heavy atom. The molecule has 0 unspecified atom stereocenters. The van der Waals surface area contributed by atoms with Gasteiger partial charge in [-0.3, -0.25) is 9.78 Å². The molecular weight excluding hydrogens is 305 g/mol. The average Bonchev–Trinajstić information content (AvgIpc) is 2.52. The Hall–Kier alpha value is -2.27. The maximum Gasteiger partial charge on any atom is 0.252 e. The molecule has 0 aliphatic rings. The highest BCUT2D eigenvalue weighted by atomic mass is 19.1. The second kappa shape index (κ2) is 7.53. The van der Waals surface area contributed by atoms with Crippen LogP contribution >= 0.6 is 0 Å². The summed E-state index contributed by atoms with van der Waals surface area (Å²) in [6.07, 6.45) is 1.52. The second-order valence-corrected chi connectivity index (χ2v) is 7.03. The zero-order valence-electron chi connectivity index (χ0n) is 14.6. The number of amides is 1. The highest BCUT2D eigenvalue weighted by Gasteiger charge is 2.20. The number of halogens is 1. The Morgan fingerprint density at radius 3 is 2.58 bits per heavy atom. The summed E-state index contributed by atoms with van der Waals surface area (Å²) in [4.78, 5) is 18.6. The van der Waals surface area contributed by atoms with E-state index in [2.05, 4.69) is 29.0 Å². The Balaban J connectivity index is 2.01. The van der Waals surface area contributed by atoms with E-state index in [-0.39, 0.29) is 17.1 Å². The van der Waals surface area contributed by atoms with E-state index >= 15 is 0 Å². The lowest BCUT2D eigenvalue weighted by Gasteiger charge is -2.28. The molecule has 2 rings (SSSR count). The third kappa shape index (κ3) is 5.13. The number of carbonyl (C=O) groups is 1. The minimum absolute atomic E-state index is 0.0197. The molecule has 0 aliphatic heterocycles. The monoisotopic (exact) mass is 329 g/mol. The number of rotatable bonds is 6. The van der Waals surface area contributed by atoms with Gasteiger partial charge in [0.1, 0.15) is 5.82 Å². The van der Waals surface area contributed by atoms with Crippen LogP contribution in [-0.4, -0.2) is 43.0 Å². The maximum atomic E-state index is 13.3. The molecule has 0 bridgehead atoms. The largest absolute Gasteiger partial charge is 0.351 e. The fraction of sp³-hybridized carbons (Fsp3) is 0.368. The zero-order valence-corrected chi connectivity index (χ0v) is 14.6. The minimum Gasteiger partial charge on any atom is -0.351 e. The average molecular weight is 329 g/mol. The first-order valence-corrected chi connectivity index (χ1v) is 7.92. The lowest BCUT2D eigenvalue weighted by molar-refractivity contribution is 0.0929. The van der Waals surface area contributed by atoms with Crippen molar-refractivity contribution in [2.75, 3.05) is 27.2 Å². The van der Waals surface area contributed by atoms with Gasteiger partial charge in [0.25, 0.3) is 5.91 Å². The van der Waals surface area contributed by atoms with E-state index in [0.29, 0.717) is 23.4 Å². The van der Waals surface area contributed by atoms with Crippen molar-refractivity contribution >= 4 is 5.91 Å². The number of nitrogens with one attached hydrogen (secondary N) is 1. The molecule has 0 aliphatic carbocycles. The van der Waals surface area contributed by atoms with Gasteiger partial charge in [0.2, 0.25) is 0 Å². The van der Waals surface area contributed by atoms with Crippen molar-refractivity contribution in [1.29, 1.82) is 0 Å². The van der Waals surface area contributed by atoms with Gasteiger partial charge >= 0.3 is 0 Å². The normalized spacial score (nSPS) is 11.6. The fourth-order valence-corrected chi connectivity index (χ4v) is 2.68. The van der Waals surface area contributed by atoms with Crippen LogP contribution in [0.3, 0.4) is 0 Å². The van der Waals surface area contributed by atoms with Crippen molar-refractivity contribution in [2.24, 2.45) is 5.41 Å². The molecule has 0 atom stereocenters. The van der Waals surface area contributed by atoms with E-state index in [1.165, 1.54) is 18.3 Å². The topological polar surface area (TPSA) is 45.2 Å². The number of carbonyl (C=O) groups excluding carboxylic acids is 1. The predicted molar refractivity (Wildman–Crippen MR) is 94.3 cm³/mol. The Labute approximate surface area is 142 Å². The molecule has 128 valence electrons. The number of benzene rings is 1. The van der Waals surface area contributed by atoms with Gasteiger partial charge in [-0.15, -0.1) is 0 Å². The predicted octanol–water partition coefficient (Wildman–Crippen LogP) is 3.21. The van der Waals surface area contributed by atoms with Crippen LogP contribution in [0.5, 0.6) is 0 Å². The molecule has 4 nitrogen and oxygen atoms in total. The van der Waals surface area contributed by atoms with Crippen molar-refractivity contribution in [3.05, 3.63) is 54.0 Å². The summed E-state index contributed by atoms with van der Waals surface area (Å²) in [7, 11) is 4.03. The van der Waals surface area contributed by atoms with Crippen molar-refractivity contribution in [2.45, 2.75) is 13.8 Å². The van der Waals surface area contributed by atoms with Crippen molar-refractivity contribution in [1.82, 2.24) is 15.2 Å². The summed E-state index contributed by atoms with van der Waals surface area (Å²) in [5.74, 6) is -0.459. The lowest BCUT2D eigenvalue weighted by atomic mass is 9.93. The van der Waals surface area contributed by atoms with E-state index in [0.717, 1.165) is 6.54 Å². The molecule has 0 saturated heterocycles. The Morgan fingerprint density at radius 2 is 2.00 bits per heavy atom. The van der Waals surface area contributed by atoms with Crippen LogP contribution in [0.15, 0.2) is 42.6 Å². The van der Waals surface area contributed by atoms with Crippen molar-refractivity contribution in [3.8, 4) is 11.3 Å². The molecule has 1 heterocycles. The molecule has 1 aromatic heterocycles. The molecule has 0 fully saturated rings. The molecule has 0 spiro atoms. The quantitative estimate of drug-likeness (QED) is 0.885. The van der Waals surface area contributed by atoms with Crippen LogP contribution in [0.25, 0.3) is 11.3 Å². The SMILES string of the molecule is CN(C)CC(C)(C)CNC(=O)c1ccc(-c2cccc(F)c2)nc1. The number of pyridine rings is 1. The molecule has 0 radical (unpaired) electrons. The summed E-state index contributed by atoms with van der Waals surface area (Å²) in [5, 5.41) is 2.95. The van der Waals surface area contributed by atoms with Crippen LogP contribution in [0.4, 0.5) is 4.39 Å². The second-order valence-electron chi connectivity index (χ2n) is 7.03. The maximum absolute atomic E-state index is 13.3. The standard InChI is InChI=1S/C19H24FN3O/c1-19(2,13-23(3)4)12-22-18(24)15-8-9-17(21-11-15)14-6-5-7-16(20)10-14/h5-11H,12-13H2,1-4H3,(H,22,24). The van der Waals surface area contributed by atoms with Gasteiger partial charge in [-0.2, -0.15) is 0 Å². The zero-order chi connectivity index (χ0) is 17.7. The van der Waals surface area contributed by atoms with Gasteiger partial charge in [-0.25, -0.2) is 4.39 Å². The molecular formula is C19H24FN3O. The van der Waals surface area contributed by atoms with Gasteiger partial charge in [-0.1, -0.05) is 26.0 Å². The smallest absolute Gasteiger partial charge is 0.252 e. The Kier molecular flexibility index (Phi) is 5.67. The summed E-state index contributed by atoms with van der Waals surface area (Å²) >= 11 is 0. The van der Waals surface area contributed by atoms with Crippen LogP contribution in [0.2, 0.25) is 0 Å². The van der Waals surface area contributed by atoms with E-state index < -0.39 is 0 Å². The van der Waals surface area contributed by atoms with Crippen molar-refractivity contribution < 1.29 is 9.18 Å². The highest BCUT2D eigenvalue weighted by Crippen LogP contribution is 2.18. The third-order valence-electron chi connectivity index (χ3n) is 3.62. The van der Waals surface area contributed by atoms with Gasteiger partial charge in [0.05, 0.1) is 11.3 Å². The number of nitrogens with zero attached hydrogens (tertiary/aromatic N) is 2. The molecule has 24 heavy (non-hydrogen) atoms. The highest BCUT2D eigenvalue weighted by molar-refractivity contribution is 5.94. The molecule has 1 N–H and O–H groups in total. The van der Waals surface area contributed by atoms with E-state index in [4.69, 9.17) is 0 Å². The van der Waals surface area contributed by atoms with Gasteiger partial charge < -0.3 is 10.2 Å². The van der Waals surface area contributed by atoms with Gasteiger partial charge in [-0.05, 0) is 43.8 Å². The van der Waals surface area contributed by atoms with Crippen LogP contribution in [-0.2, 0) is 0 Å². The number of hydrogen-bond acceptors (Lipinski definition) is 3. The van der Waals surface area contributed by atoms with Crippen molar-refractivity contribution in [3.63, 3.8) is 0 Å². The van der Waals surface area contributed by atoms with E-state index in [1.807, 2.05) is 14.1 Å². The minimum atomic E-state index is -0.306. The van der Waals surface area contributed by atoms with Gasteiger partial charge in [0.15, 0.2) is 0 Å². The van der Waals surface area contributed by atoms with E-state index in [1.54, 1.807) is 24.3 Å². The molecule has 1 amide bonds.